The molecule has 1 aromatic rings. The number of ether oxygens (including phenoxy) is 1. The Morgan fingerprint density at radius 3 is 2.79 bits per heavy atom. The molecule has 0 aliphatic heterocycles. The highest BCUT2D eigenvalue weighted by molar-refractivity contribution is 6.18. The fourth-order valence-corrected chi connectivity index (χ4v) is 2.00. The summed E-state index contributed by atoms with van der Waals surface area (Å²) in [5.74, 6) is 8.30. The molecule has 0 fully saturated rings. The number of hydrogen-bond donors (Lipinski definition) is 0. The van der Waals surface area contributed by atoms with E-state index in [1.807, 2.05) is 12.1 Å². The molecule has 19 heavy (non-hydrogen) atoms. The van der Waals surface area contributed by atoms with Gasteiger partial charge in [0.1, 0.15) is 5.75 Å². The van der Waals surface area contributed by atoms with Crippen LogP contribution in [0, 0.1) is 24.7 Å². The Bertz CT molecular complexity index is 442. The van der Waals surface area contributed by atoms with E-state index < -0.39 is 0 Å². The normalized spacial score (nSPS) is 11.6. The Balaban J connectivity index is 2.60. The first-order valence-electron chi connectivity index (χ1n) is 6.95. The summed E-state index contributed by atoms with van der Waals surface area (Å²) in [6.45, 7) is 7.28. The van der Waals surface area contributed by atoms with E-state index in [4.69, 9.17) is 16.3 Å². The van der Waals surface area contributed by atoms with Crippen LogP contribution in [-0.2, 0) is 0 Å². The molecule has 1 nitrogen and oxygen atoms in total. The van der Waals surface area contributed by atoms with Gasteiger partial charge in [-0.2, -0.15) is 0 Å². The number of aryl methyl sites for hydroxylation is 1. The van der Waals surface area contributed by atoms with Gasteiger partial charge in [-0.3, -0.25) is 0 Å². The zero-order valence-electron chi connectivity index (χ0n) is 12.1. The van der Waals surface area contributed by atoms with E-state index in [1.165, 1.54) is 12.8 Å². The summed E-state index contributed by atoms with van der Waals surface area (Å²) in [6, 6.07) is 6.09. The summed E-state index contributed by atoms with van der Waals surface area (Å²) >= 11 is 5.60. The van der Waals surface area contributed by atoms with E-state index in [0.29, 0.717) is 11.8 Å². The van der Waals surface area contributed by atoms with Crippen molar-refractivity contribution in [2.24, 2.45) is 5.92 Å². The van der Waals surface area contributed by atoms with E-state index in [-0.39, 0.29) is 0 Å². The van der Waals surface area contributed by atoms with E-state index in [0.717, 1.165) is 29.9 Å². The largest absolute Gasteiger partial charge is 0.493 e. The fourth-order valence-electron chi connectivity index (χ4n) is 1.91. The smallest absolute Gasteiger partial charge is 0.122 e. The molecule has 0 saturated heterocycles. The van der Waals surface area contributed by atoms with Gasteiger partial charge in [-0.1, -0.05) is 32.1 Å². The van der Waals surface area contributed by atoms with Gasteiger partial charge in [0.2, 0.25) is 0 Å². The highest BCUT2D eigenvalue weighted by Crippen LogP contribution is 2.20. The van der Waals surface area contributed by atoms with Gasteiger partial charge < -0.3 is 4.74 Å². The van der Waals surface area contributed by atoms with Crippen LogP contribution in [0.2, 0.25) is 0 Å². The van der Waals surface area contributed by atoms with Crippen molar-refractivity contribution >= 4 is 11.6 Å². The first-order valence-corrected chi connectivity index (χ1v) is 7.49. The Kier molecular flexibility index (Phi) is 7.45. The molecule has 0 spiro atoms. The molecule has 0 radical (unpaired) electrons. The zero-order valence-corrected chi connectivity index (χ0v) is 12.9. The second-order valence-corrected chi connectivity index (χ2v) is 5.30. The summed E-state index contributed by atoms with van der Waals surface area (Å²) < 4.78 is 5.86. The SMILES string of the molecule is CCCC(C)COc1ccc(C#CCCCl)cc1C. The average Bonchev–Trinajstić information content (AvgIpc) is 2.38. The van der Waals surface area contributed by atoms with Crippen LogP contribution < -0.4 is 4.74 Å². The van der Waals surface area contributed by atoms with Gasteiger partial charge in [-0.15, -0.1) is 11.6 Å². The van der Waals surface area contributed by atoms with Crippen LogP contribution in [0.25, 0.3) is 0 Å². The standard InChI is InChI=1S/C17H23ClO/c1-4-7-14(2)13-19-17-10-9-16(12-15(17)3)8-5-6-11-18/h9-10,12,14H,4,6-7,11,13H2,1-3H3. The lowest BCUT2D eigenvalue weighted by Crippen LogP contribution is -2.08. The molecule has 0 amide bonds. The van der Waals surface area contributed by atoms with Crippen LogP contribution in [0.15, 0.2) is 18.2 Å². The number of hydrogen-bond acceptors (Lipinski definition) is 1. The lowest BCUT2D eigenvalue weighted by atomic mass is 10.1. The van der Waals surface area contributed by atoms with Crippen molar-refractivity contribution < 1.29 is 4.74 Å². The number of halogens is 1. The fraction of sp³-hybridized carbons (Fsp3) is 0.529. The number of alkyl halides is 1. The molecule has 1 atom stereocenters. The summed E-state index contributed by atoms with van der Waals surface area (Å²) in [6.07, 6.45) is 3.15. The minimum Gasteiger partial charge on any atom is -0.493 e. The summed E-state index contributed by atoms with van der Waals surface area (Å²) in [4.78, 5) is 0. The van der Waals surface area contributed by atoms with E-state index in [1.54, 1.807) is 0 Å². The van der Waals surface area contributed by atoms with Crippen LogP contribution in [0.4, 0.5) is 0 Å². The third-order valence-electron chi connectivity index (χ3n) is 2.93. The van der Waals surface area contributed by atoms with E-state index in [2.05, 4.69) is 38.7 Å². The molecule has 0 aromatic heterocycles. The molecular weight excluding hydrogens is 256 g/mol. The van der Waals surface area contributed by atoms with Crippen LogP contribution in [0.1, 0.15) is 44.2 Å². The monoisotopic (exact) mass is 278 g/mol. The Hall–Kier alpha value is -1.13. The van der Waals surface area contributed by atoms with E-state index in [9.17, 15) is 0 Å². The van der Waals surface area contributed by atoms with Gasteiger partial charge in [-0.25, -0.2) is 0 Å². The van der Waals surface area contributed by atoms with Gasteiger partial charge >= 0.3 is 0 Å². The lowest BCUT2D eigenvalue weighted by molar-refractivity contribution is 0.250. The van der Waals surface area contributed by atoms with Crippen LogP contribution in [0.3, 0.4) is 0 Å². The first kappa shape index (κ1) is 15.9. The Labute approximate surface area is 122 Å². The third kappa shape index (κ3) is 6.03. The maximum Gasteiger partial charge on any atom is 0.122 e. The van der Waals surface area contributed by atoms with Crippen molar-refractivity contribution in [2.45, 2.75) is 40.0 Å². The predicted octanol–water partition coefficient (Wildman–Crippen LogP) is 4.79. The van der Waals surface area contributed by atoms with Crippen LogP contribution in [-0.4, -0.2) is 12.5 Å². The molecule has 0 heterocycles. The third-order valence-corrected chi connectivity index (χ3v) is 3.12. The molecule has 2 heteroatoms. The van der Waals surface area contributed by atoms with Gasteiger partial charge in [0, 0.05) is 17.9 Å². The van der Waals surface area contributed by atoms with Crippen molar-refractivity contribution in [1.82, 2.24) is 0 Å². The molecule has 104 valence electrons. The van der Waals surface area contributed by atoms with Gasteiger partial charge in [0.25, 0.3) is 0 Å². The van der Waals surface area contributed by atoms with Crippen LogP contribution >= 0.6 is 11.6 Å². The van der Waals surface area contributed by atoms with Crippen molar-refractivity contribution in [1.29, 1.82) is 0 Å². The molecule has 0 bridgehead atoms. The van der Waals surface area contributed by atoms with Gasteiger partial charge in [-0.05, 0) is 43.0 Å². The highest BCUT2D eigenvalue weighted by Gasteiger charge is 2.04. The maximum absolute atomic E-state index is 5.86. The van der Waals surface area contributed by atoms with Crippen molar-refractivity contribution in [3.8, 4) is 17.6 Å². The van der Waals surface area contributed by atoms with Crippen molar-refractivity contribution in [3.05, 3.63) is 29.3 Å². The molecular formula is C17H23ClO. The molecule has 0 N–H and O–H groups in total. The van der Waals surface area contributed by atoms with E-state index >= 15 is 0 Å². The number of rotatable bonds is 6. The van der Waals surface area contributed by atoms with Crippen molar-refractivity contribution in [3.63, 3.8) is 0 Å². The zero-order chi connectivity index (χ0) is 14.1. The number of benzene rings is 1. The maximum atomic E-state index is 5.86. The average molecular weight is 279 g/mol. The van der Waals surface area contributed by atoms with Gasteiger partial charge in [0.15, 0.2) is 0 Å². The molecule has 1 aromatic carbocycles. The second-order valence-electron chi connectivity index (χ2n) is 4.93. The molecule has 0 aliphatic rings. The van der Waals surface area contributed by atoms with Crippen LogP contribution in [0.5, 0.6) is 5.75 Å². The molecule has 1 rings (SSSR count). The summed E-state index contributed by atoms with van der Waals surface area (Å²) in [5.41, 5.74) is 2.16. The summed E-state index contributed by atoms with van der Waals surface area (Å²) in [7, 11) is 0. The summed E-state index contributed by atoms with van der Waals surface area (Å²) in [5, 5.41) is 0. The quantitative estimate of drug-likeness (QED) is 0.537. The Morgan fingerprint density at radius 2 is 2.16 bits per heavy atom. The topological polar surface area (TPSA) is 9.23 Å². The first-order chi connectivity index (χ1) is 9.17. The molecule has 1 unspecified atom stereocenters. The predicted molar refractivity (Wildman–Crippen MR) is 83.0 cm³/mol. The van der Waals surface area contributed by atoms with Gasteiger partial charge in [0.05, 0.1) is 6.61 Å². The molecule has 0 aliphatic carbocycles. The molecule has 0 saturated carbocycles. The highest BCUT2D eigenvalue weighted by atomic mass is 35.5. The second kappa shape index (κ2) is 8.88. The minimum absolute atomic E-state index is 0.586. The Morgan fingerprint density at radius 1 is 1.37 bits per heavy atom. The lowest BCUT2D eigenvalue weighted by Gasteiger charge is -2.13. The minimum atomic E-state index is 0.586. The van der Waals surface area contributed by atoms with Crippen molar-refractivity contribution in [2.75, 3.05) is 12.5 Å².